The van der Waals surface area contributed by atoms with Crippen LogP contribution in [0.25, 0.3) is 10.9 Å². The summed E-state index contributed by atoms with van der Waals surface area (Å²) in [6.07, 6.45) is 0. The molecule has 2 N–H and O–H groups in total. The number of nitrogens with one attached hydrogen (secondary N) is 2. The van der Waals surface area contributed by atoms with Crippen LogP contribution in [0, 0.1) is 13.8 Å². The lowest BCUT2D eigenvalue weighted by molar-refractivity contribution is 0.0942. The molecule has 1 atom stereocenters. The summed E-state index contributed by atoms with van der Waals surface area (Å²) < 4.78 is 0. The van der Waals surface area contributed by atoms with Gasteiger partial charge in [0.05, 0.1) is 6.04 Å². The fourth-order valence-electron chi connectivity index (χ4n) is 2.91. The van der Waals surface area contributed by atoms with Crippen LogP contribution < -0.4 is 5.32 Å². The Morgan fingerprint density at radius 2 is 2.08 bits per heavy atom. The molecule has 2 aromatic heterocycles. The number of carbonyl (C=O) groups excluding carboxylic acids is 1. The summed E-state index contributed by atoms with van der Waals surface area (Å²) in [6, 6.07) is 10.2. The highest BCUT2D eigenvalue weighted by Gasteiger charge is 2.17. The summed E-state index contributed by atoms with van der Waals surface area (Å²) in [7, 11) is 4.07. The van der Waals surface area contributed by atoms with Crippen LogP contribution in [0.4, 0.5) is 0 Å². The van der Waals surface area contributed by atoms with Crippen molar-refractivity contribution in [1.82, 2.24) is 15.2 Å². The van der Waals surface area contributed by atoms with Gasteiger partial charge < -0.3 is 15.2 Å². The van der Waals surface area contributed by atoms with Gasteiger partial charge >= 0.3 is 0 Å². The molecule has 0 aliphatic heterocycles. The Morgan fingerprint density at radius 1 is 1.29 bits per heavy atom. The van der Waals surface area contributed by atoms with E-state index in [0.717, 1.165) is 16.6 Å². The quantitative estimate of drug-likeness (QED) is 0.740. The highest BCUT2D eigenvalue weighted by Crippen LogP contribution is 2.24. The van der Waals surface area contributed by atoms with E-state index >= 15 is 0 Å². The molecule has 2 heterocycles. The second-order valence-corrected chi connectivity index (χ2v) is 7.32. The molecular weight excluding hydrogens is 318 g/mol. The minimum Gasteiger partial charge on any atom is -0.358 e. The normalized spacial score (nSPS) is 12.7. The van der Waals surface area contributed by atoms with Gasteiger partial charge in [-0.15, -0.1) is 11.3 Å². The highest BCUT2D eigenvalue weighted by atomic mass is 32.1. The van der Waals surface area contributed by atoms with Gasteiger partial charge in [0.1, 0.15) is 0 Å². The van der Waals surface area contributed by atoms with E-state index in [1.54, 1.807) is 11.3 Å². The highest BCUT2D eigenvalue weighted by molar-refractivity contribution is 7.10. The van der Waals surface area contributed by atoms with Crippen LogP contribution in [0.15, 0.2) is 35.7 Å². The first-order valence-electron chi connectivity index (χ1n) is 8.04. The molecule has 0 aliphatic rings. The Hall–Kier alpha value is -2.11. The average molecular weight is 341 g/mol. The first kappa shape index (κ1) is 16.7. The Kier molecular flexibility index (Phi) is 4.73. The molecule has 0 fully saturated rings. The molecule has 0 saturated carbocycles. The molecule has 0 unspecified atom stereocenters. The molecule has 0 radical (unpaired) electrons. The minimum atomic E-state index is -0.0291. The third kappa shape index (κ3) is 3.23. The topological polar surface area (TPSA) is 48.1 Å². The number of hydrogen-bond donors (Lipinski definition) is 2. The van der Waals surface area contributed by atoms with Crippen LogP contribution in [0.3, 0.4) is 0 Å². The van der Waals surface area contributed by atoms with Gasteiger partial charge in [0.2, 0.25) is 0 Å². The lowest BCUT2D eigenvalue weighted by atomic mass is 10.1. The van der Waals surface area contributed by atoms with Gasteiger partial charge in [-0.3, -0.25) is 4.79 Å². The van der Waals surface area contributed by atoms with Crippen LogP contribution in [-0.4, -0.2) is 36.4 Å². The molecule has 4 nitrogen and oxygen atoms in total. The first-order chi connectivity index (χ1) is 11.5. The van der Waals surface area contributed by atoms with E-state index in [0.29, 0.717) is 12.1 Å². The van der Waals surface area contributed by atoms with Crippen LogP contribution in [0.2, 0.25) is 0 Å². The molecular formula is C19H23N3OS. The van der Waals surface area contributed by atoms with E-state index in [1.165, 1.54) is 10.4 Å². The van der Waals surface area contributed by atoms with Crippen molar-refractivity contribution in [3.05, 3.63) is 57.4 Å². The first-order valence-corrected chi connectivity index (χ1v) is 8.92. The van der Waals surface area contributed by atoms with Crippen molar-refractivity contribution in [3.63, 3.8) is 0 Å². The standard InChI is InChI=1S/C19H23N3OS/c1-12-13(2)21-16-8-7-14(10-15(12)16)19(23)20-11-17(22(3)4)18-6-5-9-24-18/h5-10,17,21H,11H2,1-4H3,(H,20,23)/t17-/m1/s1. The van der Waals surface area contributed by atoms with Crippen molar-refractivity contribution >= 4 is 28.1 Å². The summed E-state index contributed by atoms with van der Waals surface area (Å²) in [4.78, 5) is 19.3. The number of carbonyl (C=O) groups is 1. The summed E-state index contributed by atoms with van der Waals surface area (Å²) >= 11 is 1.72. The second kappa shape index (κ2) is 6.79. The molecule has 3 rings (SSSR count). The SMILES string of the molecule is Cc1[nH]c2ccc(C(=O)NC[C@H](c3cccs3)N(C)C)cc2c1C. The monoisotopic (exact) mass is 341 g/mol. The zero-order chi connectivity index (χ0) is 17.3. The van der Waals surface area contributed by atoms with Gasteiger partial charge in [0.15, 0.2) is 0 Å². The molecule has 0 bridgehead atoms. The number of aryl methyl sites for hydroxylation is 2. The maximum absolute atomic E-state index is 12.6. The van der Waals surface area contributed by atoms with Gasteiger partial charge in [0.25, 0.3) is 5.91 Å². The lowest BCUT2D eigenvalue weighted by Gasteiger charge is -2.23. The smallest absolute Gasteiger partial charge is 0.251 e. The van der Waals surface area contributed by atoms with Crippen LogP contribution in [0.5, 0.6) is 0 Å². The number of benzene rings is 1. The van der Waals surface area contributed by atoms with E-state index in [2.05, 4.69) is 40.5 Å². The van der Waals surface area contributed by atoms with Crippen molar-refractivity contribution < 1.29 is 4.79 Å². The van der Waals surface area contributed by atoms with Crippen LogP contribution in [0.1, 0.15) is 32.5 Å². The summed E-state index contributed by atoms with van der Waals surface area (Å²) in [5, 5.41) is 6.26. The van der Waals surface area contributed by atoms with E-state index in [4.69, 9.17) is 0 Å². The lowest BCUT2D eigenvalue weighted by Crippen LogP contribution is -2.34. The van der Waals surface area contributed by atoms with Crippen LogP contribution in [-0.2, 0) is 0 Å². The predicted octanol–water partition coefficient (Wildman–Crippen LogP) is 3.88. The number of likely N-dealkylation sites (N-methyl/N-ethyl adjacent to an activating group) is 1. The second-order valence-electron chi connectivity index (χ2n) is 6.34. The third-order valence-electron chi connectivity index (χ3n) is 4.52. The number of amides is 1. The molecule has 5 heteroatoms. The third-order valence-corrected chi connectivity index (χ3v) is 5.49. The molecule has 3 aromatic rings. The summed E-state index contributed by atoms with van der Waals surface area (Å²) in [5.74, 6) is -0.0291. The Balaban J connectivity index is 1.76. The summed E-state index contributed by atoms with van der Waals surface area (Å²) in [5.41, 5.74) is 4.12. The maximum atomic E-state index is 12.6. The van der Waals surface area contributed by atoms with Crippen molar-refractivity contribution in [2.45, 2.75) is 19.9 Å². The van der Waals surface area contributed by atoms with Gasteiger partial charge in [-0.25, -0.2) is 0 Å². The van der Waals surface area contributed by atoms with Gasteiger partial charge in [-0.2, -0.15) is 0 Å². The van der Waals surface area contributed by atoms with E-state index < -0.39 is 0 Å². The number of aromatic amines is 1. The number of H-pyrrole nitrogens is 1. The number of aromatic nitrogens is 1. The molecule has 0 saturated heterocycles. The predicted molar refractivity (Wildman–Crippen MR) is 101 cm³/mol. The number of fused-ring (bicyclic) bond motifs is 1. The number of rotatable bonds is 5. The fourth-order valence-corrected chi connectivity index (χ4v) is 3.84. The maximum Gasteiger partial charge on any atom is 0.251 e. The van der Waals surface area contributed by atoms with E-state index in [1.807, 2.05) is 38.4 Å². The molecule has 0 aliphatic carbocycles. The van der Waals surface area contributed by atoms with Gasteiger partial charge in [-0.05, 0) is 63.2 Å². The van der Waals surface area contributed by atoms with Crippen molar-refractivity contribution in [2.24, 2.45) is 0 Å². The molecule has 0 spiro atoms. The Bertz CT molecular complexity index is 849. The average Bonchev–Trinajstić information content (AvgIpc) is 3.16. The molecule has 126 valence electrons. The number of nitrogens with zero attached hydrogens (tertiary/aromatic N) is 1. The largest absolute Gasteiger partial charge is 0.358 e. The van der Waals surface area contributed by atoms with Gasteiger partial charge in [0, 0.05) is 33.6 Å². The summed E-state index contributed by atoms with van der Waals surface area (Å²) in [6.45, 7) is 4.72. The van der Waals surface area contributed by atoms with Crippen LogP contribution >= 0.6 is 11.3 Å². The Labute approximate surface area is 146 Å². The van der Waals surface area contributed by atoms with E-state index in [9.17, 15) is 4.79 Å². The van der Waals surface area contributed by atoms with Crippen molar-refractivity contribution in [2.75, 3.05) is 20.6 Å². The minimum absolute atomic E-state index is 0.0291. The fraction of sp³-hybridized carbons (Fsp3) is 0.316. The number of thiophene rings is 1. The van der Waals surface area contributed by atoms with E-state index in [-0.39, 0.29) is 11.9 Å². The van der Waals surface area contributed by atoms with Gasteiger partial charge in [-0.1, -0.05) is 6.07 Å². The molecule has 1 amide bonds. The Morgan fingerprint density at radius 3 is 2.75 bits per heavy atom. The number of hydrogen-bond acceptors (Lipinski definition) is 3. The van der Waals surface area contributed by atoms with Crippen molar-refractivity contribution in [3.8, 4) is 0 Å². The zero-order valence-corrected chi connectivity index (χ0v) is 15.3. The van der Waals surface area contributed by atoms with Crippen molar-refractivity contribution in [1.29, 1.82) is 0 Å². The molecule has 24 heavy (non-hydrogen) atoms. The zero-order valence-electron chi connectivity index (χ0n) is 14.5. The molecule has 1 aromatic carbocycles.